The molecule has 3 heterocycles. The maximum atomic E-state index is 6.57. The molecule has 0 bridgehead atoms. The van der Waals surface area contributed by atoms with E-state index in [1.165, 1.54) is 32.6 Å². The molecule has 182 valence electrons. The number of hydrogen-bond donors (Lipinski definition) is 0. The Labute approximate surface area is 223 Å². The van der Waals surface area contributed by atoms with Gasteiger partial charge in [-0.15, -0.1) is 0 Å². The Bertz CT molecular complexity index is 2370. The van der Waals surface area contributed by atoms with Gasteiger partial charge in [0.25, 0.3) is 0 Å². The van der Waals surface area contributed by atoms with Crippen molar-refractivity contribution in [3.8, 4) is 11.4 Å². The summed E-state index contributed by atoms with van der Waals surface area (Å²) in [6, 6.07) is 47.5. The third-order valence-corrected chi connectivity index (χ3v) is 8.09. The summed E-state index contributed by atoms with van der Waals surface area (Å²) in [5, 5.41) is 7.20. The second-order valence-electron chi connectivity index (χ2n) is 10.2. The molecule has 3 heteroatoms. The summed E-state index contributed by atoms with van der Waals surface area (Å²) in [5.41, 5.74) is 8.78. The van der Waals surface area contributed by atoms with E-state index >= 15 is 0 Å². The number of para-hydroxylation sites is 4. The summed E-state index contributed by atoms with van der Waals surface area (Å²) in [6.45, 7) is 0. The Hall–Kier alpha value is -5.28. The first-order valence-electron chi connectivity index (χ1n) is 13.3. The molecule has 0 unspecified atom stereocenters. The smallest absolute Gasteiger partial charge is 0.160 e. The third-order valence-electron chi connectivity index (χ3n) is 8.09. The van der Waals surface area contributed by atoms with Crippen molar-refractivity contribution in [2.75, 3.05) is 0 Å². The van der Waals surface area contributed by atoms with E-state index in [9.17, 15) is 0 Å². The molecular formula is C36H22N2O. The van der Waals surface area contributed by atoms with Crippen LogP contribution in [-0.2, 0) is 0 Å². The lowest BCUT2D eigenvalue weighted by molar-refractivity contribution is 0.671. The summed E-state index contributed by atoms with van der Waals surface area (Å²) >= 11 is 0. The van der Waals surface area contributed by atoms with Crippen molar-refractivity contribution in [3.05, 3.63) is 133 Å². The largest absolute Gasteiger partial charge is 0.454 e. The van der Waals surface area contributed by atoms with Crippen LogP contribution in [-0.4, -0.2) is 9.13 Å². The zero-order valence-corrected chi connectivity index (χ0v) is 21.0. The van der Waals surface area contributed by atoms with Gasteiger partial charge in [0, 0.05) is 43.7 Å². The molecule has 3 nitrogen and oxygen atoms in total. The average molecular weight is 499 g/mol. The van der Waals surface area contributed by atoms with Crippen LogP contribution in [0.5, 0.6) is 0 Å². The van der Waals surface area contributed by atoms with Gasteiger partial charge in [0.1, 0.15) is 5.58 Å². The first-order chi connectivity index (χ1) is 19.4. The molecule has 9 rings (SSSR count). The van der Waals surface area contributed by atoms with Crippen molar-refractivity contribution in [1.82, 2.24) is 9.13 Å². The van der Waals surface area contributed by atoms with Gasteiger partial charge in [0.2, 0.25) is 0 Å². The van der Waals surface area contributed by atoms with E-state index in [1.807, 2.05) is 6.07 Å². The van der Waals surface area contributed by atoms with Crippen molar-refractivity contribution >= 4 is 65.6 Å². The minimum absolute atomic E-state index is 0.913. The minimum atomic E-state index is 0.913. The lowest BCUT2D eigenvalue weighted by atomic mass is 10.1. The quantitative estimate of drug-likeness (QED) is 0.233. The van der Waals surface area contributed by atoms with Crippen molar-refractivity contribution in [1.29, 1.82) is 0 Å². The number of fused-ring (bicyclic) bond motifs is 10. The Kier molecular flexibility index (Phi) is 4.05. The SMILES string of the molecule is c1ccc(-n2c3ccccc3c3cc4c5ccc6c7ccccc7oc6c5n(-c5ccccc5)c4cc32)cc1. The number of hydrogen-bond acceptors (Lipinski definition) is 1. The van der Waals surface area contributed by atoms with Gasteiger partial charge in [-0.05, 0) is 54.6 Å². The first-order valence-corrected chi connectivity index (χ1v) is 13.3. The molecule has 0 spiro atoms. The summed E-state index contributed by atoms with van der Waals surface area (Å²) in [6.07, 6.45) is 0. The van der Waals surface area contributed by atoms with Crippen LogP contribution in [0, 0.1) is 0 Å². The first kappa shape index (κ1) is 20.7. The van der Waals surface area contributed by atoms with E-state index in [0.717, 1.165) is 44.3 Å². The lowest BCUT2D eigenvalue weighted by Gasteiger charge is -2.10. The Morgan fingerprint density at radius 3 is 1.77 bits per heavy atom. The molecule has 0 saturated carbocycles. The molecule has 0 atom stereocenters. The molecule has 9 aromatic rings. The average Bonchev–Trinajstić information content (AvgIpc) is 3.64. The molecule has 0 N–H and O–H groups in total. The van der Waals surface area contributed by atoms with Crippen molar-refractivity contribution in [2.24, 2.45) is 0 Å². The summed E-state index contributed by atoms with van der Waals surface area (Å²) in [4.78, 5) is 0. The van der Waals surface area contributed by atoms with Gasteiger partial charge in [-0.3, -0.25) is 0 Å². The molecular weight excluding hydrogens is 476 g/mol. The second kappa shape index (κ2) is 7.62. The van der Waals surface area contributed by atoms with Crippen LogP contribution in [0.4, 0.5) is 0 Å². The van der Waals surface area contributed by atoms with Crippen molar-refractivity contribution < 1.29 is 4.42 Å². The van der Waals surface area contributed by atoms with Crippen LogP contribution in [0.25, 0.3) is 76.9 Å². The van der Waals surface area contributed by atoms with E-state index in [2.05, 4.69) is 137 Å². The third kappa shape index (κ3) is 2.76. The Morgan fingerprint density at radius 2 is 0.974 bits per heavy atom. The number of furan rings is 1. The van der Waals surface area contributed by atoms with Crippen molar-refractivity contribution in [3.63, 3.8) is 0 Å². The molecule has 0 fully saturated rings. The van der Waals surface area contributed by atoms with Crippen LogP contribution in [0.3, 0.4) is 0 Å². The lowest BCUT2D eigenvalue weighted by Crippen LogP contribution is -1.95. The van der Waals surface area contributed by atoms with Gasteiger partial charge < -0.3 is 13.6 Å². The van der Waals surface area contributed by atoms with Crippen LogP contribution < -0.4 is 0 Å². The molecule has 6 aromatic carbocycles. The highest BCUT2D eigenvalue weighted by atomic mass is 16.3. The Morgan fingerprint density at radius 1 is 0.385 bits per heavy atom. The molecule has 0 aliphatic carbocycles. The molecule has 39 heavy (non-hydrogen) atoms. The van der Waals surface area contributed by atoms with Crippen LogP contribution in [0.1, 0.15) is 0 Å². The fraction of sp³-hybridized carbons (Fsp3) is 0. The highest BCUT2D eigenvalue weighted by molar-refractivity contribution is 6.24. The van der Waals surface area contributed by atoms with Gasteiger partial charge in [-0.1, -0.05) is 78.9 Å². The summed E-state index contributed by atoms with van der Waals surface area (Å²) < 4.78 is 11.3. The molecule has 3 aromatic heterocycles. The van der Waals surface area contributed by atoms with Gasteiger partial charge in [-0.25, -0.2) is 0 Å². The topological polar surface area (TPSA) is 23.0 Å². The van der Waals surface area contributed by atoms with Crippen molar-refractivity contribution in [2.45, 2.75) is 0 Å². The van der Waals surface area contributed by atoms with E-state index in [1.54, 1.807) is 0 Å². The van der Waals surface area contributed by atoms with E-state index in [-0.39, 0.29) is 0 Å². The summed E-state index contributed by atoms with van der Waals surface area (Å²) in [7, 11) is 0. The highest BCUT2D eigenvalue weighted by Crippen LogP contribution is 2.43. The maximum Gasteiger partial charge on any atom is 0.160 e. The number of aromatic nitrogens is 2. The Balaban J connectivity index is 1.53. The van der Waals surface area contributed by atoms with Crippen LogP contribution in [0.2, 0.25) is 0 Å². The summed E-state index contributed by atoms with van der Waals surface area (Å²) in [5.74, 6) is 0. The number of benzene rings is 6. The monoisotopic (exact) mass is 498 g/mol. The molecule has 0 saturated heterocycles. The highest BCUT2D eigenvalue weighted by Gasteiger charge is 2.21. The predicted molar refractivity (Wildman–Crippen MR) is 162 cm³/mol. The number of rotatable bonds is 2. The van der Waals surface area contributed by atoms with Crippen LogP contribution in [0.15, 0.2) is 138 Å². The number of nitrogens with zero attached hydrogens (tertiary/aromatic N) is 2. The standard InChI is InChI=1S/C36H22N2O/c1-3-11-23(12-4-1)37-31-17-9-7-15-25(31)29-21-30-27-19-20-28-26-16-8-10-18-34(26)39-36(28)35(27)38(33(30)22-32(29)37)24-13-5-2-6-14-24/h1-22H. The van der Waals surface area contributed by atoms with E-state index in [0.29, 0.717) is 0 Å². The molecule has 0 aliphatic rings. The van der Waals surface area contributed by atoms with E-state index < -0.39 is 0 Å². The maximum absolute atomic E-state index is 6.57. The molecule has 0 aliphatic heterocycles. The second-order valence-corrected chi connectivity index (χ2v) is 10.2. The van der Waals surface area contributed by atoms with Gasteiger partial charge in [0.15, 0.2) is 5.58 Å². The van der Waals surface area contributed by atoms with E-state index in [4.69, 9.17) is 4.42 Å². The normalized spacial score (nSPS) is 12.1. The molecule has 0 amide bonds. The zero-order chi connectivity index (χ0) is 25.5. The van der Waals surface area contributed by atoms with Crippen LogP contribution >= 0.6 is 0 Å². The zero-order valence-electron chi connectivity index (χ0n) is 21.0. The fourth-order valence-corrected chi connectivity index (χ4v) is 6.44. The van der Waals surface area contributed by atoms with Gasteiger partial charge >= 0.3 is 0 Å². The predicted octanol–water partition coefficient (Wildman–Crippen LogP) is 9.78. The minimum Gasteiger partial charge on any atom is -0.454 e. The van der Waals surface area contributed by atoms with Gasteiger partial charge in [0.05, 0.1) is 22.1 Å². The fourth-order valence-electron chi connectivity index (χ4n) is 6.44. The van der Waals surface area contributed by atoms with Gasteiger partial charge in [-0.2, -0.15) is 0 Å². The molecule has 0 radical (unpaired) electrons.